The van der Waals surface area contributed by atoms with Crippen molar-refractivity contribution in [1.29, 1.82) is 5.26 Å². The van der Waals surface area contributed by atoms with Gasteiger partial charge in [0.05, 0.1) is 23.5 Å². The molecule has 0 bridgehead atoms. The van der Waals surface area contributed by atoms with Gasteiger partial charge in [0.2, 0.25) is 16.4 Å². The van der Waals surface area contributed by atoms with Crippen molar-refractivity contribution in [3.63, 3.8) is 0 Å². The third kappa shape index (κ3) is 5.28. The summed E-state index contributed by atoms with van der Waals surface area (Å²) in [6, 6.07) is 4.47. The van der Waals surface area contributed by atoms with Crippen LogP contribution >= 0.6 is 0 Å². The highest BCUT2D eigenvalue weighted by Crippen LogP contribution is 2.38. The molecule has 2 aromatic heterocycles. The fourth-order valence-electron chi connectivity index (χ4n) is 3.74. The van der Waals surface area contributed by atoms with Gasteiger partial charge in [-0.15, -0.1) is 0 Å². The number of aromatic nitrogens is 3. The van der Waals surface area contributed by atoms with Crippen LogP contribution < -0.4 is 4.72 Å². The molecule has 1 saturated carbocycles. The largest absolute Gasteiger partial charge is 0.404 e. The van der Waals surface area contributed by atoms with E-state index in [1.54, 1.807) is 16.7 Å². The quantitative estimate of drug-likeness (QED) is 0.450. The number of nitrogens with zero attached hydrogens (tertiary/aromatic N) is 4. The summed E-state index contributed by atoms with van der Waals surface area (Å²) < 4.78 is 92.2. The molecule has 0 aliphatic heterocycles. The third-order valence-corrected chi connectivity index (χ3v) is 7.24. The SMILES string of the molecule is C[C@H](NS(=O)(=O)c1cnc(-c2c(C#N)c3ccc(CC(F)F)cc3n2CC2CC2)nc1)C(F)(F)F. The predicted octanol–water partition coefficient (Wildman–Crippen LogP) is 4.42. The van der Waals surface area contributed by atoms with Crippen LogP contribution in [0.2, 0.25) is 0 Å². The van der Waals surface area contributed by atoms with E-state index in [9.17, 15) is 35.6 Å². The number of rotatable bonds is 8. The van der Waals surface area contributed by atoms with Crippen molar-refractivity contribution in [3.8, 4) is 17.6 Å². The number of benzene rings is 1. The maximum Gasteiger partial charge on any atom is 0.404 e. The number of sulfonamides is 1. The van der Waals surface area contributed by atoms with Crippen molar-refractivity contribution in [2.75, 3.05) is 0 Å². The molecule has 0 radical (unpaired) electrons. The van der Waals surface area contributed by atoms with Crippen molar-refractivity contribution in [3.05, 3.63) is 41.7 Å². The number of alkyl halides is 5. The molecule has 1 fully saturated rings. The zero-order valence-electron chi connectivity index (χ0n) is 18.4. The Balaban J connectivity index is 1.78. The molecule has 7 nitrogen and oxygen atoms in total. The van der Waals surface area contributed by atoms with Crippen LogP contribution in [0.15, 0.2) is 35.5 Å². The van der Waals surface area contributed by atoms with Gasteiger partial charge in [0, 0.05) is 18.4 Å². The number of fused-ring (bicyclic) bond motifs is 1. The van der Waals surface area contributed by atoms with Crippen LogP contribution in [0.3, 0.4) is 0 Å². The molecule has 35 heavy (non-hydrogen) atoms. The molecule has 4 rings (SSSR count). The van der Waals surface area contributed by atoms with Gasteiger partial charge in [-0.05, 0) is 37.3 Å². The molecule has 1 aliphatic carbocycles. The van der Waals surface area contributed by atoms with Crippen molar-refractivity contribution < 1.29 is 30.4 Å². The molecular formula is C22H20F5N5O2S. The lowest BCUT2D eigenvalue weighted by Crippen LogP contribution is -2.43. The molecule has 186 valence electrons. The normalized spacial score (nSPS) is 15.5. The number of hydrogen-bond acceptors (Lipinski definition) is 5. The fraction of sp³-hybridized carbons (Fsp3) is 0.409. The van der Waals surface area contributed by atoms with Crippen LogP contribution in [-0.2, 0) is 23.0 Å². The van der Waals surface area contributed by atoms with Gasteiger partial charge in [0.15, 0.2) is 5.82 Å². The van der Waals surface area contributed by atoms with Crippen LogP contribution in [0.4, 0.5) is 22.0 Å². The molecule has 13 heteroatoms. The van der Waals surface area contributed by atoms with E-state index >= 15 is 0 Å². The molecule has 2 heterocycles. The minimum absolute atomic E-state index is 0.00312. The Bertz CT molecular complexity index is 1390. The zero-order valence-corrected chi connectivity index (χ0v) is 19.2. The fourth-order valence-corrected chi connectivity index (χ4v) is 4.86. The Labute approximate surface area is 197 Å². The summed E-state index contributed by atoms with van der Waals surface area (Å²) >= 11 is 0. The van der Waals surface area contributed by atoms with Crippen molar-refractivity contribution in [1.82, 2.24) is 19.3 Å². The Morgan fingerprint density at radius 2 is 1.89 bits per heavy atom. The lowest BCUT2D eigenvalue weighted by molar-refractivity contribution is -0.147. The number of hydrogen-bond donors (Lipinski definition) is 1. The average Bonchev–Trinajstić information content (AvgIpc) is 3.54. The van der Waals surface area contributed by atoms with E-state index < -0.39 is 40.0 Å². The lowest BCUT2D eigenvalue weighted by Gasteiger charge is -2.17. The summed E-state index contributed by atoms with van der Waals surface area (Å²) in [5.41, 5.74) is 1.45. The number of nitrogens with one attached hydrogen (secondary N) is 1. The minimum atomic E-state index is -4.78. The molecule has 1 N–H and O–H groups in total. The first-order valence-electron chi connectivity index (χ1n) is 10.7. The summed E-state index contributed by atoms with van der Waals surface area (Å²) in [5.74, 6) is 0.319. The van der Waals surface area contributed by atoms with Crippen LogP contribution in [0.25, 0.3) is 22.4 Å². The highest BCUT2D eigenvalue weighted by atomic mass is 32.2. The first-order valence-corrected chi connectivity index (χ1v) is 12.1. The van der Waals surface area contributed by atoms with Gasteiger partial charge < -0.3 is 4.57 Å². The average molecular weight is 513 g/mol. The molecule has 3 aromatic rings. The first kappa shape index (κ1) is 25.0. The van der Waals surface area contributed by atoms with Gasteiger partial charge in [0.1, 0.15) is 22.7 Å². The van der Waals surface area contributed by atoms with E-state index in [0.29, 0.717) is 41.5 Å². The van der Waals surface area contributed by atoms with E-state index in [4.69, 9.17) is 0 Å². The van der Waals surface area contributed by atoms with Crippen LogP contribution in [0.5, 0.6) is 0 Å². The number of halogens is 5. The minimum Gasteiger partial charge on any atom is -0.336 e. The molecule has 0 amide bonds. The van der Waals surface area contributed by atoms with E-state index in [2.05, 4.69) is 16.0 Å². The summed E-state index contributed by atoms with van der Waals surface area (Å²) in [5, 5.41) is 10.4. The maximum atomic E-state index is 12.9. The molecular weight excluding hydrogens is 493 g/mol. The predicted molar refractivity (Wildman–Crippen MR) is 116 cm³/mol. The molecule has 0 unspecified atom stereocenters. The van der Waals surface area contributed by atoms with Gasteiger partial charge in [-0.25, -0.2) is 27.2 Å². The summed E-state index contributed by atoms with van der Waals surface area (Å²) in [6.07, 6.45) is -4.11. The Morgan fingerprint density at radius 3 is 2.43 bits per heavy atom. The van der Waals surface area contributed by atoms with Crippen molar-refractivity contribution in [2.24, 2.45) is 5.92 Å². The van der Waals surface area contributed by atoms with Crippen LogP contribution in [0.1, 0.15) is 30.9 Å². The van der Waals surface area contributed by atoms with Crippen molar-refractivity contribution >= 4 is 20.9 Å². The van der Waals surface area contributed by atoms with E-state index in [0.717, 1.165) is 25.2 Å². The van der Waals surface area contributed by atoms with Gasteiger partial charge in [0.25, 0.3) is 0 Å². The second-order valence-electron chi connectivity index (χ2n) is 8.46. The maximum absolute atomic E-state index is 12.9. The van der Waals surface area contributed by atoms with Gasteiger partial charge in [-0.3, -0.25) is 0 Å². The second-order valence-corrected chi connectivity index (χ2v) is 10.2. The van der Waals surface area contributed by atoms with Gasteiger partial charge >= 0.3 is 6.18 Å². The standard InChI is InChI=1S/C22H20F5N5O2S/c1-12(22(25,26)27)31-35(33,34)15-9-29-21(30-10-15)20-17(8-28)16-5-4-14(7-19(23)24)6-18(16)32(20)11-13-2-3-13/h4-6,9-10,12-13,19,31H,2-3,7,11H2,1H3/t12-/m0/s1. The van der Waals surface area contributed by atoms with Crippen molar-refractivity contribution in [2.45, 2.75) is 56.3 Å². The summed E-state index contributed by atoms with van der Waals surface area (Å²) in [6.45, 7) is 1.16. The molecule has 1 aliphatic rings. The molecule has 0 saturated heterocycles. The monoisotopic (exact) mass is 513 g/mol. The highest BCUT2D eigenvalue weighted by molar-refractivity contribution is 7.89. The van der Waals surface area contributed by atoms with E-state index in [-0.39, 0.29) is 11.4 Å². The molecule has 1 atom stereocenters. The summed E-state index contributed by atoms with van der Waals surface area (Å²) in [7, 11) is -4.56. The zero-order chi connectivity index (χ0) is 25.5. The molecule has 0 spiro atoms. The van der Waals surface area contributed by atoms with E-state index in [1.807, 2.05) is 0 Å². The van der Waals surface area contributed by atoms with Gasteiger partial charge in [-0.2, -0.15) is 23.2 Å². The molecule has 1 aromatic carbocycles. The Kier molecular flexibility index (Phi) is 6.54. The van der Waals surface area contributed by atoms with Crippen LogP contribution in [0, 0.1) is 17.2 Å². The topological polar surface area (TPSA) is 101 Å². The van der Waals surface area contributed by atoms with Gasteiger partial charge in [-0.1, -0.05) is 12.1 Å². The highest BCUT2D eigenvalue weighted by Gasteiger charge is 2.39. The van der Waals surface area contributed by atoms with E-state index in [1.165, 1.54) is 10.8 Å². The Morgan fingerprint density at radius 1 is 1.23 bits per heavy atom. The third-order valence-electron chi connectivity index (χ3n) is 5.74. The second kappa shape index (κ2) is 9.16. The lowest BCUT2D eigenvalue weighted by atomic mass is 10.1. The first-order chi connectivity index (χ1) is 16.4. The smallest absolute Gasteiger partial charge is 0.336 e. The van der Waals surface area contributed by atoms with Crippen LogP contribution in [-0.4, -0.2) is 41.6 Å². The summed E-state index contributed by atoms with van der Waals surface area (Å²) in [4.78, 5) is 7.52. The number of nitriles is 1. The Hall–Kier alpha value is -3.11.